The fourth-order valence-corrected chi connectivity index (χ4v) is 12.2. The molecule has 0 radical (unpaired) electrons. The van der Waals surface area contributed by atoms with E-state index >= 15 is 0 Å². The Bertz CT molecular complexity index is 1590. The average Bonchev–Trinajstić information content (AvgIpc) is 3.95. The molecule has 0 amide bonds. The van der Waals surface area contributed by atoms with Crippen LogP contribution in [0, 0.1) is 57.7 Å². The molecule has 14 heteroatoms. The second kappa shape index (κ2) is 17.6. The van der Waals surface area contributed by atoms with E-state index in [1.165, 1.54) is 25.7 Å². The zero-order valence-electron chi connectivity index (χ0n) is 39.0. The number of aliphatic hydroxyl groups is 2. The molecule has 9 unspecified atom stereocenters. The van der Waals surface area contributed by atoms with Gasteiger partial charge in [-0.3, -0.25) is 14.4 Å². The molecular formula is C48H76F6O8. The van der Waals surface area contributed by atoms with Crippen molar-refractivity contribution < 1.29 is 65.1 Å². The first-order valence-corrected chi connectivity index (χ1v) is 23.6. The summed E-state index contributed by atoms with van der Waals surface area (Å²) in [5, 5.41) is 20.0. The molecule has 8 saturated carbocycles. The van der Waals surface area contributed by atoms with E-state index in [2.05, 4.69) is 13.8 Å². The van der Waals surface area contributed by atoms with Crippen LogP contribution >= 0.6 is 0 Å². The Kier molecular flexibility index (Phi) is 14.5. The Morgan fingerprint density at radius 1 is 0.613 bits per heavy atom. The van der Waals surface area contributed by atoms with Gasteiger partial charge in [-0.15, -0.1) is 0 Å². The summed E-state index contributed by atoms with van der Waals surface area (Å²) in [6.45, 7) is 19.4. The molecule has 0 aromatic heterocycles. The lowest BCUT2D eigenvalue weighted by Gasteiger charge is -2.59. The molecule has 8 aliphatic rings. The summed E-state index contributed by atoms with van der Waals surface area (Å²) >= 11 is 0. The van der Waals surface area contributed by atoms with E-state index in [1.807, 2.05) is 41.5 Å². The van der Waals surface area contributed by atoms with Gasteiger partial charge in [0.05, 0.1) is 21.8 Å². The largest absolute Gasteiger partial charge is 0.462 e. The summed E-state index contributed by atoms with van der Waals surface area (Å²) in [5.74, 6) is 0.513. The van der Waals surface area contributed by atoms with Gasteiger partial charge >= 0.3 is 30.3 Å². The van der Waals surface area contributed by atoms with E-state index in [-0.39, 0.29) is 47.3 Å². The van der Waals surface area contributed by atoms with Gasteiger partial charge in [0, 0.05) is 6.42 Å². The normalized spacial score (nSPS) is 36.1. The summed E-state index contributed by atoms with van der Waals surface area (Å²) in [6, 6.07) is 0. The standard InChI is InChI=1S/C17H24F6O3.C16H26O3.C15H26O2/c1-4-14(2,3)13(24)26-12-7-9-5-10(12)6-11(9)8-15(25,16(18,19)20)17(21,22)23;1-4-14(2,3)13(17)19-16-8-11-5-12(9-16)7-15(18,6-11)10-16;1-5-14(3,4)13(16)17-15(6-2)10-11-7-8-12(15)9-11/h9-12,25H,4-8H2,1-3H3;11-12,18H,4-10H2,1-3H3;11-12H,5-10H2,1-4H3. The highest BCUT2D eigenvalue weighted by Crippen LogP contribution is 2.60. The molecule has 0 aliphatic heterocycles. The molecule has 8 aliphatic carbocycles. The number of hydrogen-bond donors (Lipinski definition) is 2. The molecule has 9 atom stereocenters. The summed E-state index contributed by atoms with van der Waals surface area (Å²) < 4.78 is 94.7. The predicted molar refractivity (Wildman–Crippen MR) is 221 cm³/mol. The van der Waals surface area contributed by atoms with Crippen molar-refractivity contribution in [3.63, 3.8) is 0 Å². The Morgan fingerprint density at radius 2 is 1.13 bits per heavy atom. The SMILES string of the molecule is CCC(C)(C)C(=O)OC1(CC)CC2CCC1C2.CCC(C)(C)C(=O)OC12CC3CC(CC(O)(C3)C1)C2.CCC(C)(C)C(=O)OC1CC2CC1CC2CC(O)(C(F)(F)F)C(F)(F)F. The summed E-state index contributed by atoms with van der Waals surface area (Å²) in [4.78, 5) is 36.8. The van der Waals surface area contributed by atoms with E-state index in [4.69, 9.17) is 14.2 Å². The van der Waals surface area contributed by atoms with E-state index in [1.54, 1.807) is 13.8 Å². The number of ether oxygens (including phenoxy) is 3. The molecule has 0 saturated heterocycles. The maximum absolute atomic E-state index is 12.9. The maximum Gasteiger partial charge on any atom is 0.426 e. The number of rotatable bonds is 12. The van der Waals surface area contributed by atoms with Crippen LogP contribution in [0.4, 0.5) is 26.3 Å². The van der Waals surface area contributed by atoms with Gasteiger partial charge in [-0.2, -0.15) is 26.3 Å². The number of fused-ring (bicyclic) bond motifs is 4. The van der Waals surface area contributed by atoms with Crippen LogP contribution in [-0.4, -0.2) is 69.0 Å². The van der Waals surface area contributed by atoms with Crippen LogP contribution in [-0.2, 0) is 28.6 Å². The fourth-order valence-electron chi connectivity index (χ4n) is 12.2. The predicted octanol–water partition coefficient (Wildman–Crippen LogP) is 11.6. The van der Waals surface area contributed by atoms with Crippen molar-refractivity contribution in [1.82, 2.24) is 0 Å². The molecule has 0 aromatic rings. The van der Waals surface area contributed by atoms with Crippen molar-refractivity contribution in [3.8, 4) is 0 Å². The minimum atomic E-state index is -5.79. The quantitative estimate of drug-likeness (QED) is 0.113. The van der Waals surface area contributed by atoms with Crippen LogP contribution in [0.3, 0.4) is 0 Å². The van der Waals surface area contributed by atoms with Crippen molar-refractivity contribution in [2.75, 3.05) is 0 Å². The molecule has 358 valence electrons. The number of carbonyl (C=O) groups is 3. The first-order chi connectivity index (χ1) is 28.3. The van der Waals surface area contributed by atoms with Crippen LogP contribution in [0.2, 0.25) is 0 Å². The van der Waals surface area contributed by atoms with Crippen LogP contribution in [0.15, 0.2) is 0 Å². The fraction of sp³-hybridized carbons (Fsp3) is 0.938. The number of hydrogen-bond acceptors (Lipinski definition) is 8. The Hall–Kier alpha value is -2.09. The van der Waals surface area contributed by atoms with Crippen molar-refractivity contribution in [3.05, 3.63) is 0 Å². The Morgan fingerprint density at radius 3 is 1.53 bits per heavy atom. The van der Waals surface area contributed by atoms with Gasteiger partial charge in [-0.1, -0.05) is 27.7 Å². The summed E-state index contributed by atoms with van der Waals surface area (Å²) in [7, 11) is 0. The van der Waals surface area contributed by atoms with E-state index in [0.717, 1.165) is 57.3 Å². The molecule has 2 N–H and O–H groups in total. The monoisotopic (exact) mass is 895 g/mol. The number of halogens is 6. The Balaban J connectivity index is 0.000000180. The number of alkyl halides is 6. The molecule has 8 bridgehead atoms. The average molecular weight is 895 g/mol. The zero-order valence-corrected chi connectivity index (χ0v) is 39.0. The van der Waals surface area contributed by atoms with Crippen LogP contribution in [0.25, 0.3) is 0 Å². The highest BCUT2D eigenvalue weighted by atomic mass is 19.4. The van der Waals surface area contributed by atoms with E-state index in [9.17, 15) is 50.9 Å². The molecular weight excluding hydrogens is 819 g/mol. The number of esters is 3. The lowest BCUT2D eigenvalue weighted by Crippen LogP contribution is -2.61. The van der Waals surface area contributed by atoms with Gasteiger partial charge in [0.1, 0.15) is 17.3 Å². The third-order valence-corrected chi connectivity index (χ3v) is 17.1. The van der Waals surface area contributed by atoms with Crippen LogP contribution < -0.4 is 0 Å². The first-order valence-electron chi connectivity index (χ1n) is 23.6. The highest BCUT2D eigenvalue weighted by Gasteiger charge is 2.71. The Labute approximate surface area is 365 Å². The van der Waals surface area contributed by atoms with Gasteiger partial charge in [-0.05, 0) is 192 Å². The lowest BCUT2D eigenvalue weighted by molar-refractivity contribution is -0.373. The van der Waals surface area contributed by atoms with E-state index < -0.39 is 64.7 Å². The van der Waals surface area contributed by atoms with Gasteiger partial charge in [-0.25, -0.2) is 0 Å². The molecule has 8 nitrogen and oxygen atoms in total. The van der Waals surface area contributed by atoms with Gasteiger partial charge in [0.25, 0.3) is 5.60 Å². The van der Waals surface area contributed by atoms with Crippen molar-refractivity contribution in [2.24, 2.45) is 57.7 Å². The van der Waals surface area contributed by atoms with Crippen molar-refractivity contribution in [1.29, 1.82) is 0 Å². The van der Waals surface area contributed by atoms with Gasteiger partial charge < -0.3 is 24.4 Å². The minimum Gasteiger partial charge on any atom is -0.462 e. The minimum absolute atomic E-state index is 0.00870. The zero-order chi connectivity index (χ0) is 46.7. The van der Waals surface area contributed by atoms with Crippen LogP contribution in [0.1, 0.15) is 185 Å². The molecule has 0 heterocycles. The first kappa shape index (κ1) is 50.9. The lowest BCUT2D eigenvalue weighted by atomic mass is 9.52. The molecule has 0 aromatic carbocycles. The number of carbonyl (C=O) groups excluding carboxylic acids is 3. The molecule has 62 heavy (non-hydrogen) atoms. The second-order valence-electron chi connectivity index (χ2n) is 22.8. The van der Waals surface area contributed by atoms with Gasteiger partial charge in [0.2, 0.25) is 0 Å². The van der Waals surface area contributed by atoms with Crippen molar-refractivity contribution in [2.45, 2.75) is 226 Å². The molecule has 8 fully saturated rings. The third kappa shape index (κ3) is 10.3. The summed E-state index contributed by atoms with van der Waals surface area (Å²) in [5.41, 5.74) is -7.16. The molecule has 0 spiro atoms. The van der Waals surface area contributed by atoms with E-state index in [0.29, 0.717) is 37.0 Å². The van der Waals surface area contributed by atoms with Gasteiger partial charge in [0.15, 0.2) is 0 Å². The maximum atomic E-state index is 12.9. The van der Waals surface area contributed by atoms with Crippen LogP contribution in [0.5, 0.6) is 0 Å². The second-order valence-corrected chi connectivity index (χ2v) is 22.8. The topological polar surface area (TPSA) is 119 Å². The highest BCUT2D eigenvalue weighted by molar-refractivity contribution is 5.77. The molecule has 8 rings (SSSR count). The summed E-state index contributed by atoms with van der Waals surface area (Å²) in [6.07, 6.45) is 1.14. The third-order valence-electron chi connectivity index (χ3n) is 17.1. The smallest absolute Gasteiger partial charge is 0.426 e. The van der Waals surface area contributed by atoms with Crippen molar-refractivity contribution >= 4 is 17.9 Å².